The number of rotatable bonds is 6. The van der Waals surface area contributed by atoms with Gasteiger partial charge in [-0.25, -0.2) is 9.07 Å². The minimum Gasteiger partial charge on any atom is -0.349 e. The molecule has 1 aromatic heterocycles. The summed E-state index contributed by atoms with van der Waals surface area (Å²) in [7, 11) is 0. The summed E-state index contributed by atoms with van der Waals surface area (Å²) in [5.41, 5.74) is 2.79. The Morgan fingerprint density at radius 3 is 2.38 bits per heavy atom. The van der Waals surface area contributed by atoms with Gasteiger partial charge in [0.15, 0.2) is 0 Å². The van der Waals surface area contributed by atoms with E-state index in [1.807, 2.05) is 50.4 Å². The Balaban J connectivity index is 1.66. The molecule has 0 spiro atoms. The molecule has 0 aliphatic carbocycles. The third-order valence-electron chi connectivity index (χ3n) is 4.28. The summed E-state index contributed by atoms with van der Waals surface area (Å²) in [4.78, 5) is 12.5. The molecule has 0 unspecified atom stereocenters. The van der Waals surface area contributed by atoms with E-state index in [9.17, 15) is 9.18 Å². The van der Waals surface area contributed by atoms with E-state index in [1.54, 1.807) is 23.0 Å². The zero-order chi connectivity index (χ0) is 18.5. The van der Waals surface area contributed by atoms with E-state index in [0.717, 1.165) is 16.8 Å². The summed E-state index contributed by atoms with van der Waals surface area (Å²) in [6.45, 7) is 4.07. The second-order valence-corrected chi connectivity index (χ2v) is 6.63. The lowest BCUT2D eigenvalue weighted by Gasteiger charge is -2.23. The molecule has 0 saturated heterocycles. The number of hydrogen-bond acceptors (Lipinski definition) is 2. The monoisotopic (exact) mass is 351 g/mol. The van der Waals surface area contributed by atoms with E-state index in [1.165, 1.54) is 12.1 Å². The molecule has 26 heavy (non-hydrogen) atoms. The first-order chi connectivity index (χ1) is 12.5. The Hall–Kier alpha value is -2.95. The van der Waals surface area contributed by atoms with Gasteiger partial charge in [0, 0.05) is 12.4 Å². The highest BCUT2D eigenvalue weighted by Gasteiger charge is 2.18. The molecule has 1 N–H and O–H groups in total. The maximum Gasteiger partial charge on any atom is 0.224 e. The van der Waals surface area contributed by atoms with Crippen LogP contribution in [0.25, 0.3) is 5.69 Å². The molecule has 5 heteroatoms. The summed E-state index contributed by atoms with van der Waals surface area (Å²) >= 11 is 0. The van der Waals surface area contributed by atoms with Gasteiger partial charge in [-0.2, -0.15) is 5.10 Å². The van der Waals surface area contributed by atoms with Crippen LogP contribution in [0.15, 0.2) is 67.0 Å². The molecule has 0 fully saturated rings. The number of carbonyl (C=O) groups excluding carboxylic acids is 1. The van der Waals surface area contributed by atoms with Gasteiger partial charge in [0.2, 0.25) is 5.91 Å². The van der Waals surface area contributed by atoms with Crippen molar-refractivity contribution in [3.05, 3.63) is 83.9 Å². The molecule has 1 heterocycles. The smallest absolute Gasteiger partial charge is 0.224 e. The van der Waals surface area contributed by atoms with Crippen LogP contribution < -0.4 is 5.32 Å². The molecular formula is C21H22FN3O. The Labute approximate surface area is 152 Å². The van der Waals surface area contributed by atoms with Gasteiger partial charge < -0.3 is 5.32 Å². The van der Waals surface area contributed by atoms with Crippen molar-refractivity contribution in [3.63, 3.8) is 0 Å². The molecule has 0 saturated carbocycles. The largest absolute Gasteiger partial charge is 0.349 e. The van der Waals surface area contributed by atoms with Crippen LogP contribution in [0.4, 0.5) is 4.39 Å². The fourth-order valence-electron chi connectivity index (χ4n) is 2.90. The SMILES string of the molecule is CC(C)[C@H](NC(=O)Cc1ccc(-n2cccn2)cc1)c1ccc(F)cc1. The van der Waals surface area contributed by atoms with E-state index in [2.05, 4.69) is 10.4 Å². The molecule has 3 aromatic rings. The predicted octanol–water partition coefficient (Wildman–Crippen LogP) is 4.07. The van der Waals surface area contributed by atoms with E-state index in [0.29, 0.717) is 6.42 Å². The van der Waals surface area contributed by atoms with Crippen molar-refractivity contribution in [1.29, 1.82) is 0 Å². The third-order valence-corrected chi connectivity index (χ3v) is 4.28. The maximum absolute atomic E-state index is 13.1. The van der Waals surface area contributed by atoms with E-state index < -0.39 is 0 Å². The van der Waals surface area contributed by atoms with Gasteiger partial charge >= 0.3 is 0 Å². The Morgan fingerprint density at radius 1 is 1.12 bits per heavy atom. The summed E-state index contributed by atoms with van der Waals surface area (Å²) in [5.74, 6) is -0.133. The van der Waals surface area contributed by atoms with Gasteiger partial charge in [0.05, 0.1) is 18.2 Å². The average Bonchev–Trinajstić information content (AvgIpc) is 3.16. The van der Waals surface area contributed by atoms with Crippen LogP contribution in [0.5, 0.6) is 0 Å². The highest BCUT2D eigenvalue weighted by molar-refractivity contribution is 5.79. The quantitative estimate of drug-likeness (QED) is 0.728. The molecule has 3 rings (SSSR count). The number of nitrogens with one attached hydrogen (secondary N) is 1. The maximum atomic E-state index is 13.1. The van der Waals surface area contributed by atoms with Crippen LogP contribution in [0.1, 0.15) is 31.0 Å². The molecule has 1 amide bonds. The topological polar surface area (TPSA) is 46.9 Å². The van der Waals surface area contributed by atoms with Gasteiger partial charge in [-0.15, -0.1) is 0 Å². The zero-order valence-electron chi connectivity index (χ0n) is 14.9. The molecule has 0 radical (unpaired) electrons. The first-order valence-electron chi connectivity index (χ1n) is 8.67. The first-order valence-corrected chi connectivity index (χ1v) is 8.67. The van der Waals surface area contributed by atoms with E-state index in [4.69, 9.17) is 0 Å². The van der Waals surface area contributed by atoms with Crippen molar-refractivity contribution in [2.24, 2.45) is 5.92 Å². The van der Waals surface area contributed by atoms with E-state index in [-0.39, 0.29) is 23.7 Å². The van der Waals surface area contributed by atoms with Gasteiger partial charge in [-0.05, 0) is 47.4 Å². The molecule has 4 nitrogen and oxygen atoms in total. The van der Waals surface area contributed by atoms with Crippen LogP contribution in [-0.2, 0) is 11.2 Å². The molecule has 1 atom stereocenters. The summed E-state index contributed by atoms with van der Waals surface area (Å²) < 4.78 is 14.9. The average molecular weight is 351 g/mol. The lowest BCUT2D eigenvalue weighted by Crippen LogP contribution is -2.32. The van der Waals surface area contributed by atoms with Crippen molar-refractivity contribution in [2.45, 2.75) is 26.3 Å². The van der Waals surface area contributed by atoms with Gasteiger partial charge in [-0.3, -0.25) is 4.79 Å². The lowest BCUT2D eigenvalue weighted by atomic mass is 9.95. The molecule has 0 bridgehead atoms. The number of carbonyl (C=O) groups is 1. The van der Waals surface area contributed by atoms with Crippen LogP contribution in [0, 0.1) is 11.7 Å². The highest BCUT2D eigenvalue weighted by Crippen LogP contribution is 2.22. The van der Waals surface area contributed by atoms with Gasteiger partial charge in [0.1, 0.15) is 5.82 Å². The van der Waals surface area contributed by atoms with Crippen LogP contribution in [-0.4, -0.2) is 15.7 Å². The fraction of sp³-hybridized carbons (Fsp3) is 0.238. The lowest BCUT2D eigenvalue weighted by molar-refractivity contribution is -0.121. The molecule has 134 valence electrons. The number of amides is 1. The minimum atomic E-state index is -0.278. The molecular weight excluding hydrogens is 329 g/mol. The third kappa shape index (κ3) is 4.36. The van der Waals surface area contributed by atoms with Crippen molar-refractivity contribution in [2.75, 3.05) is 0 Å². The zero-order valence-corrected chi connectivity index (χ0v) is 14.9. The van der Waals surface area contributed by atoms with Crippen molar-refractivity contribution < 1.29 is 9.18 Å². The van der Waals surface area contributed by atoms with Crippen LogP contribution >= 0.6 is 0 Å². The second-order valence-electron chi connectivity index (χ2n) is 6.63. The van der Waals surface area contributed by atoms with Crippen molar-refractivity contribution >= 4 is 5.91 Å². The number of halogens is 1. The summed E-state index contributed by atoms with van der Waals surface area (Å²) in [6.07, 6.45) is 3.89. The standard InChI is InChI=1S/C21H22FN3O/c1-15(2)21(17-6-8-18(22)9-7-17)24-20(26)14-16-4-10-19(11-5-16)25-13-3-12-23-25/h3-13,15,21H,14H2,1-2H3,(H,24,26)/t21-/m0/s1. The molecule has 2 aromatic carbocycles. The highest BCUT2D eigenvalue weighted by atomic mass is 19.1. The van der Waals surface area contributed by atoms with Crippen LogP contribution in [0.2, 0.25) is 0 Å². The molecule has 0 aliphatic heterocycles. The predicted molar refractivity (Wildman–Crippen MR) is 99.4 cm³/mol. The number of aromatic nitrogens is 2. The van der Waals surface area contributed by atoms with E-state index >= 15 is 0 Å². The number of nitrogens with zero attached hydrogens (tertiary/aromatic N) is 2. The summed E-state index contributed by atoms with van der Waals surface area (Å²) in [6, 6.07) is 15.7. The molecule has 0 aliphatic rings. The Morgan fingerprint density at radius 2 is 1.81 bits per heavy atom. The minimum absolute atomic E-state index is 0.0557. The van der Waals surface area contributed by atoms with Crippen molar-refractivity contribution in [1.82, 2.24) is 15.1 Å². The first kappa shape index (κ1) is 17.9. The van der Waals surface area contributed by atoms with Crippen molar-refractivity contribution in [3.8, 4) is 5.69 Å². The van der Waals surface area contributed by atoms with Crippen LogP contribution in [0.3, 0.4) is 0 Å². The van der Waals surface area contributed by atoms with Gasteiger partial charge in [0.25, 0.3) is 0 Å². The second kappa shape index (κ2) is 7.95. The van der Waals surface area contributed by atoms with Gasteiger partial charge in [-0.1, -0.05) is 38.1 Å². The fourth-order valence-corrected chi connectivity index (χ4v) is 2.90. The number of benzene rings is 2. The number of hydrogen-bond donors (Lipinski definition) is 1. The summed E-state index contributed by atoms with van der Waals surface area (Å²) in [5, 5.41) is 7.25. The Bertz CT molecular complexity index is 840. The normalized spacial score (nSPS) is 12.2. The Kier molecular flexibility index (Phi) is 5.46.